The molecule has 2 aromatic rings. The number of anilines is 1. The van der Waals surface area contributed by atoms with Crippen LogP contribution in [0.15, 0.2) is 18.7 Å². The quantitative estimate of drug-likeness (QED) is 0.896. The van der Waals surface area contributed by atoms with Gasteiger partial charge in [-0.05, 0) is 25.4 Å². The summed E-state index contributed by atoms with van der Waals surface area (Å²) >= 11 is 5.88. The van der Waals surface area contributed by atoms with E-state index in [1.165, 1.54) is 0 Å². The van der Waals surface area contributed by atoms with Crippen LogP contribution in [-0.2, 0) is 4.74 Å². The van der Waals surface area contributed by atoms with E-state index in [0.29, 0.717) is 18.4 Å². The highest BCUT2D eigenvalue weighted by Crippen LogP contribution is 2.12. The number of hydrogen-bond acceptors (Lipinski definition) is 6. The van der Waals surface area contributed by atoms with Gasteiger partial charge in [0.25, 0.3) is 0 Å². The predicted molar refractivity (Wildman–Crippen MR) is 71.5 cm³/mol. The fourth-order valence-electron chi connectivity index (χ4n) is 1.28. The van der Waals surface area contributed by atoms with Crippen molar-refractivity contribution in [2.75, 3.05) is 19.0 Å². The van der Waals surface area contributed by atoms with Crippen molar-refractivity contribution in [1.29, 1.82) is 0 Å². The topological polar surface area (TPSA) is 77.8 Å². The van der Waals surface area contributed by atoms with E-state index in [9.17, 15) is 0 Å². The summed E-state index contributed by atoms with van der Waals surface area (Å²) < 4.78 is 6.96. The second-order valence-corrected chi connectivity index (χ2v) is 4.85. The number of methoxy groups -OCH3 is 1. The van der Waals surface area contributed by atoms with Crippen LogP contribution < -0.4 is 5.32 Å². The number of ether oxygens (including phenoxy) is 1. The van der Waals surface area contributed by atoms with Crippen LogP contribution in [0.1, 0.15) is 13.8 Å². The summed E-state index contributed by atoms with van der Waals surface area (Å²) in [5, 5.41) is 3.20. The fourth-order valence-corrected chi connectivity index (χ4v) is 1.43. The van der Waals surface area contributed by atoms with E-state index < -0.39 is 0 Å². The lowest BCUT2D eigenvalue weighted by molar-refractivity contribution is 0.0342. The van der Waals surface area contributed by atoms with Crippen LogP contribution in [0.2, 0.25) is 5.28 Å². The van der Waals surface area contributed by atoms with Gasteiger partial charge in [-0.2, -0.15) is 15.0 Å². The zero-order valence-electron chi connectivity index (χ0n) is 11.0. The first kappa shape index (κ1) is 13.7. The summed E-state index contributed by atoms with van der Waals surface area (Å²) in [6, 6.07) is 0. The summed E-state index contributed by atoms with van der Waals surface area (Å²) in [4.78, 5) is 16.3. The van der Waals surface area contributed by atoms with Gasteiger partial charge in [-0.1, -0.05) is 0 Å². The monoisotopic (exact) mass is 282 g/mol. The Morgan fingerprint density at radius 3 is 2.79 bits per heavy atom. The van der Waals surface area contributed by atoms with Gasteiger partial charge in [0, 0.05) is 26.0 Å². The minimum absolute atomic E-state index is 0.122. The van der Waals surface area contributed by atoms with Gasteiger partial charge in [0.15, 0.2) is 0 Å². The van der Waals surface area contributed by atoms with E-state index in [0.717, 1.165) is 0 Å². The lowest BCUT2D eigenvalue weighted by atomic mass is 10.1. The molecule has 1 N–H and O–H groups in total. The van der Waals surface area contributed by atoms with Crippen molar-refractivity contribution in [3.8, 4) is 5.95 Å². The fraction of sp³-hybridized carbons (Fsp3) is 0.455. The van der Waals surface area contributed by atoms with Gasteiger partial charge in [-0.15, -0.1) is 0 Å². The predicted octanol–water partition coefficient (Wildman–Crippen LogP) is 1.55. The van der Waals surface area contributed by atoms with E-state index >= 15 is 0 Å². The Bertz CT molecular complexity index is 542. The first-order valence-electron chi connectivity index (χ1n) is 5.69. The maximum Gasteiger partial charge on any atom is 0.241 e. The zero-order valence-corrected chi connectivity index (χ0v) is 11.7. The van der Waals surface area contributed by atoms with Crippen molar-refractivity contribution in [2.24, 2.45) is 0 Å². The Morgan fingerprint density at radius 1 is 1.37 bits per heavy atom. The Labute approximate surface area is 116 Å². The summed E-state index contributed by atoms with van der Waals surface area (Å²) in [5.41, 5.74) is -0.325. The Kier molecular flexibility index (Phi) is 3.96. The normalized spacial score (nSPS) is 11.6. The average molecular weight is 283 g/mol. The van der Waals surface area contributed by atoms with E-state index in [4.69, 9.17) is 16.3 Å². The highest BCUT2D eigenvalue weighted by atomic mass is 35.5. The van der Waals surface area contributed by atoms with Gasteiger partial charge >= 0.3 is 0 Å². The van der Waals surface area contributed by atoms with Crippen LogP contribution in [0, 0.1) is 0 Å². The molecule has 0 spiro atoms. The lowest BCUT2D eigenvalue weighted by Gasteiger charge is -2.23. The van der Waals surface area contributed by atoms with E-state index in [-0.39, 0.29) is 10.9 Å². The molecule has 0 amide bonds. The standard InChI is InChI=1S/C11H15ClN6O/c1-11(2,19-3)6-14-9-15-8(12)16-10(17-9)18-5-4-13-7-18/h4-5,7H,6H2,1-3H3,(H,14,15,16,17). The van der Waals surface area contributed by atoms with Crippen molar-refractivity contribution in [3.63, 3.8) is 0 Å². The Morgan fingerprint density at radius 2 is 2.16 bits per heavy atom. The van der Waals surface area contributed by atoms with Crippen molar-refractivity contribution < 1.29 is 4.74 Å². The van der Waals surface area contributed by atoms with Crippen LogP contribution in [-0.4, -0.2) is 43.8 Å². The van der Waals surface area contributed by atoms with Crippen molar-refractivity contribution >= 4 is 17.5 Å². The van der Waals surface area contributed by atoms with Crippen LogP contribution in [0.25, 0.3) is 5.95 Å². The Hall–Kier alpha value is -1.73. The van der Waals surface area contributed by atoms with Crippen LogP contribution >= 0.6 is 11.6 Å². The molecule has 0 unspecified atom stereocenters. The van der Waals surface area contributed by atoms with Crippen molar-refractivity contribution in [3.05, 3.63) is 24.0 Å². The zero-order chi connectivity index (χ0) is 13.9. The Balaban J connectivity index is 2.18. The van der Waals surface area contributed by atoms with Gasteiger partial charge in [-0.3, -0.25) is 4.57 Å². The lowest BCUT2D eigenvalue weighted by Crippen LogP contribution is -2.32. The minimum atomic E-state index is -0.325. The number of hydrogen-bond donors (Lipinski definition) is 1. The first-order chi connectivity index (χ1) is 9.00. The SMILES string of the molecule is COC(C)(C)CNc1nc(Cl)nc(-n2ccnc2)n1. The van der Waals surface area contributed by atoms with Gasteiger partial charge < -0.3 is 10.1 Å². The number of halogens is 1. The van der Waals surface area contributed by atoms with Gasteiger partial charge in [0.05, 0.1) is 5.60 Å². The highest BCUT2D eigenvalue weighted by molar-refractivity contribution is 6.28. The number of rotatable bonds is 5. The highest BCUT2D eigenvalue weighted by Gasteiger charge is 2.17. The van der Waals surface area contributed by atoms with Gasteiger partial charge in [0.2, 0.25) is 17.2 Å². The molecular formula is C11H15ClN6O. The van der Waals surface area contributed by atoms with Crippen LogP contribution in [0.4, 0.5) is 5.95 Å². The molecule has 2 rings (SSSR count). The molecular weight excluding hydrogens is 268 g/mol. The number of nitrogens with zero attached hydrogens (tertiary/aromatic N) is 5. The molecule has 0 saturated carbocycles. The summed E-state index contributed by atoms with van der Waals surface area (Å²) in [7, 11) is 1.65. The molecule has 102 valence electrons. The van der Waals surface area contributed by atoms with Crippen molar-refractivity contribution in [1.82, 2.24) is 24.5 Å². The molecule has 8 heteroatoms. The maximum absolute atomic E-state index is 5.88. The molecule has 0 aliphatic carbocycles. The summed E-state index contributed by atoms with van der Waals surface area (Å²) in [6.07, 6.45) is 4.96. The van der Waals surface area contributed by atoms with Gasteiger partial charge in [-0.25, -0.2) is 4.98 Å². The molecule has 2 heterocycles. The molecule has 0 aliphatic rings. The number of aromatic nitrogens is 5. The minimum Gasteiger partial charge on any atom is -0.377 e. The molecule has 0 aromatic carbocycles. The van der Waals surface area contributed by atoms with Crippen molar-refractivity contribution in [2.45, 2.75) is 19.4 Å². The summed E-state index contributed by atoms with van der Waals surface area (Å²) in [5.74, 6) is 0.809. The third-order valence-corrected chi connectivity index (χ3v) is 2.73. The third kappa shape index (κ3) is 3.62. The molecule has 0 radical (unpaired) electrons. The molecule has 0 atom stereocenters. The first-order valence-corrected chi connectivity index (χ1v) is 6.07. The number of nitrogens with one attached hydrogen (secondary N) is 1. The van der Waals surface area contributed by atoms with E-state index in [2.05, 4.69) is 25.3 Å². The number of imidazole rings is 1. The van der Waals surface area contributed by atoms with E-state index in [1.54, 1.807) is 30.4 Å². The second-order valence-electron chi connectivity index (χ2n) is 4.52. The van der Waals surface area contributed by atoms with Crippen LogP contribution in [0.5, 0.6) is 0 Å². The second kappa shape index (κ2) is 5.50. The summed E-state index contributed by atoms with van der Waals surface area (Å²) in [6.45, 7) is 4.46. The molecule has 0 fully saturated rings. The molecule has 7 nitrogen and oxygen atoms in total. The molecule has 0 bridgehead atoms. The molecule has 2 aromatic heterocycles. The molecule has 19 heavy (non-hydrogen) atoms. The molecule has 0 saturated heterocycles. The average Bonchev–Trinajstić information content (AvgIpc) is 2.90. The van der Waals surface area contributed by atoms with Crippen LogP contribution in [0.3, 0.4) is 0 Å². The molecule has 0 aliphatic heterocycles. The largest absolute Gasteiger partial charge is 0.377 e. The maximum atomic E-state index is 5.88. The van der Waals surface area contributed by atoms with Gasteiger partial charge in [0.1, 0.15) is 6.33 Å². The third-order valence-electron chi connectivity index (χ3n) is 2.56. The van der Waals surface area contributed by atoms with E-state index in [1.807, 2.05) is 13.8 Å². The smallest absolute Gasteiger partial charge is 0.241 e.